The van der Waals surface area contributed by atoms with Crippen LogP contribution in [0.5, 0.6) is 0 Å². The zero-order valence-electron chi connectivity index (χ0n) is 19.4. The number of hydrogen-bond acceptors (Lipinski definition) is 6. The summed E-state index contributed by atoms with van der Waals surface area (Å²) in [6.07, 6.45) is 0.971. The maximum absolute atomic E-state index is 12.9. The Labute approximate surface area is 190 Å². The number of amides is 1. The number of carbonyl (C=O) groups is 1. The first-order chi connectivity index (χ1) is 15.2. The van der Waals surface area contributed by atoms with E-state index in [0.717, 1.165) is 41.4 Å². The molecule has 2 saturated heterocycles. The van der Waals surface area contributed by atoms with E-state index in [1.54, 1.807) is 9.21 Å². The average molecular weight is 464 g/mol. The minimum atomic E-state index is -3.46. The molecule has 176 valence electrons. The predicted octanol–water partition coefficient (Wildman–Crippen LogP) is 0.224. The van der Waals surface area contributed by atoms with Crippen LogP contribution in [0.2, 0.25) is 0 Å². The Balaban J connectivity index is 1.34. The Morgan fingerprint density at radius 1 is 0.969 bits per heavy atom. The van der Waals surface area contributed by atoms with Gasteiger partial charge in [-0.05, 0) is 39.8 Å². The van der Waals surface area contributed by atoms with E-state index in [1.165, 1.54) is 4.31 Å². The summed E-state index contributed by atoms with van der Waals surface area (Å²) in [5, 5.41) is 4.50. The van der Waals surface area contributed by atoms with Crippen molar-refractivity contribution in [2.45, 2.75) is 33.6 Å². The maximum atomic E-state index is 12.9. The minimum Gasteiger partial charge on any atom is -0.340 e. The minimum absolute atomic E-state index is 0.0530. The standard InChI is InChI=1S/C21H33N7O3S/c1-16-15-20-22-17(2)19(18(3)28(20)23-16)5-6-21(29)25-9-13-27(14-10-25)32(30,31)26-11-7-24(4)8-12-26/h15H,5-14H2,1-4H3. The number of carbonyl (C=O) groups excluding carboxylic acids is 1. The van der Waals surface area contributed by atoms with Crippen molar-refractivity contribution in [3.8, 4) is 0 Å². The lowest BCUT2D eigenvalue weighted by molar-refractivity contribution is -0.132. The van der Waals surface area contributed by atoms with E-state index in [1.807, 2.05) is 38.4 Å². The third-order valence-electron chi connectivity index (χ3n) is 6.58. The summed E-state index contributed by atoms with van der Waals surface area (Å²) in [4.78, 5) is 21.4. The number of piperazine rings is 2. The predicted molar refractivity (Wildman–Crippen MR) is 122 cm³/mol. The molecule has 11 heteroatoms. The number of likely N-dealkylation sites (N-methyl/N-ethyl adjacent to an activating group) is 1. The highest BCUT2D eigenvalue weighted by Crippen LogP contribution is 2.19. The number of hydrogen-bond donors (Lipinski definition) is 0. The number of aryl methyl sites for hydroxylation is 3. The van der Waals surface area contributed by atoms with E-state index in [-0.39, 0.29) is 5.91 Å². The second kappa shape index (κ2) is 9.05. The van der Waals surface area contributed by atoms with Gasteiger partial charge in [0, 0.05) is 76.2 Å². The van der Waals surface area contributed by atoms with Crippen LogP contribution in [0.3, 0.4) is 0 Å². The molecule has 0 aliphatic carbocycles. The normalized spacial score (nSPS) is 19.7. The molecule has 2 aliphatic heterocycles. The lowest BCUT2D eigenvalue weighted by Crippen LogP contribution is -2.57. The molecule has 4 heterocycles. The molecule has 0 atom stereocenters. The molecule has 0 unspecified atom stereocenters. The molecule has 32 heavy (non-hydrogen) atoms. The number of fused-ring (bicyclic) bond motifs is 1. The second-order valence-corrected chi connectivity index (χ2v) is 10.7. The van der Waals surface area contributed by atoms with Crippen LogP contribution in [0.25, 0.3) is 5.65 Å². The lowest BCUT2D eigenvalue weighted by atomic mass is 10.1. The van der Waals surface area contributed by atoms with Gasteiger partial charge in [-0.25, -0.2) is 9.50 Å². The Bertz CT molecular complexity index is 1100. The molecule has 0 N–H and O–H groups in total. The van der Waals surface area contributed by atoms with Gasteiger partial charge >= 0.3 is 0 Å². The van der Waals surface area contributed by atoms with Crippen molar-refractivity contribution < 1.29 is 13.2 Å². The Morgan fingerprint density at radius 2 is 1.56 bits per heavy atom. The number of nitrogens with zero attached hydrogens (tertiary/aromatic N) is 7. The summed E-state index contributed by atoms with van der Waals surface area (Å²) in [7, 11) is -1.46. The van der Waals surface area contributed by atoms with Gasteiger partial charge in [-0.15, -0.1) is 0 Å². The van der Waals surface area contributed by atoms with Gasteiger partial charge in [-0.2, -0.15) is 22.1 Å². The van der Waals surface area contributed by atoms with Crippen LogP contribution in [-0.4, -0.2) is 107 Å². The maximum Gasteiger partial charge on any atom is 0.282 e. The first kappa shape index (κ1) is 23.1. The number of aromatic nitrogens is 3. The molecule has 0 aromatic carbocycles. The van der Waals surface area contributed by atoms with E-state index < -0.39 is 10.2 Å². The Hall–Kier alpha value is -2.08. The van der Waals surface area contributed by atoms with Crippen LogP contribution in [-0.2, 0) is 21.4 Å². The van der Waals surface area contributed by atoms with E-state index >= 15 is 0 Å². The van der Waals surface area contributed by atoms with Crippen LogP contribution in [0.1, 0.15) is 29.1 Å². The molecule has 4 rings (SSSR count). The van der Waals surface area contributed by atoms with Gasteiger partial charge in [-0.3, -0.25) is 4.79 Å². The summed E-state index contributed by atoms with van der Waals surface area (Å²) < 4.78 is 30.8. The largest absolute Gasteiger partial charge is 0.340 e. The first-order valence-corrected chi connectivity index (χ1v) is 12.6. The SMILES string of the molecule is Cc1cc2nc(C)c(CCC(=O)N3CCN(S(=O)(=O)N4CCN(C)CC4)CC3)c(C)n2n1. The monoisotopic (exact) mass is 463 g/mol. The third-order valence-corrected chi connectivity index (χ3v) is 8.62. The molecule has 10 nitrogen and oxygen atoms in total. The summed E-state index contributed by atoms with van der Waals surface area (Å²) >= 11 is 0. The van der Waals surface area contributed by atoms with Crippen molar-refractivity contribution in [1.82, 2.24) is 33.0 Å². The molecule has 2 aromatic heterocycles. The van der Waals surface area contributed by atoms with Gasteiger partial charge in [0.15, 0.2) is 5.65 Å². The van der Waals surface area contributed by atoms with E-state index in [2.05, 4.69) is 15.0 Å². The molecule has 0 spiro atoms. The summed E-state index contributed by atoms with van der Waals surface area (Å²) in [5.74, 6) is 0.0530. The van der Waals surface area contributed by atoms with E-state index in [0.29, 0.717) is 52.1 Å². The van der Waals surface area contributed by atoms with Crippen LogP contribution >= 0.6 is 0 Å². The highest BCUT2D eigenvalue weighted by molar-refractivity contribution is 7.86. The van der Waals surface area contributed by atoms with E-state index in [9.17, 15) is 13.2 Å². The van der Waals surface area contributed by atoms with Gasteiger partial charge in [0.05, 0.1) is 5.69 Å². The topological polar surface area (TPSA) is 94.4 Å². The zero-order valence-corrected chi connectivity index (χ0v) is 20.2. The van der Waals surface area contributed by atoms with Crippen molar-refractivity contribution in [2.24, 2.45) is 0 Å². The van der Waals surface area contributed by atoms with Crippen LogP contribution in [0, 0.1) is 20.8 Å². The van der Waals surface area contributed by atoms with Gasteiger partial charge in [0.25, 0.3) is 10.2 Å². The highest BCUT2D eigenvalue weighted by Gasteiger charge is 2.34. The molecular weight excluding hydrogens is 430 g/mol. The number of rotatable bonds is 5. The Morgan fingerprint density at radius 3 is 2.19 bits per heavy atom. The third kappa shape index (κ3) is 4.52. The fourth-order valence-corrected chi connectivity index (χ4v) is 6.12. The molecule has 0 bridgehead atoms. The van der Waals surface area contributed by atoms with Crippen molar-refractivity contribution in [2.75, 3.05) is 59.4 Å². The molecule has 2 fully saturated rings. The summed E-state index contributed by atoms with van der Waals surface area (Å²) in [5.41, 5.74) is 4.72. The van der Waals surface area contributed by atoms with Crippen LogP contribution < -0.4 is 0 Å². The molecular formula is C21H33N7O3S. The van der Waals surface area contributed by atoms with Crippen LogP contribution in [0.15, 0.2) is 6.07 Å². The van der Waals surface area contributed by atoms with Crippen molar-refractivity contribution >= 4 is 21.8 Å². The van der Waals surface area contributed by atoms with Crippen molar-refractivity contribution in [3.63, 3.8) is 0 Å². The molecule has 0 radical (unpaired) electrons. The summed E-state index contributed by atoms with van der Waals surface area (Å²) in [6.45, 7) is 10.00. The molecule has 2 aliphatic rings. The lowest BCUT2D eigenvalue weighted by Gasteiger charge is -2.39. The van der Waals surface area contributed by atoms with Gasteiger partial charge in [0.2, 0.25) is 5.91 Å². The quantitative estimate of drug-likeness (QED) is 0.630. The molecule has 2 aromatic rings. The first-order valence-electron chi connectivity index (χ1n) is 11.2. The van der Waals surface area contributed by atoms with Crippen molar-refractivity contribution in [1.29, 1.82) is 0 Å². The van der Waals surface area contributed by atoms with Crippen molar-refractivity contribution in [3.05, 3.63) is 28.7 Å². The van der Waals surface area contributed by atoms with Gasteiger partial charge < -0.3 is 9.80 Å². The average Bonchev–Trinajstić information content (AvgIpc) is 3.14. The van der Waals surface area contributed by atoms with Crippen LogP contribution in [0.4, 0.5) is 0 Å². The fraction of sp³-hybridized carbons (Fsp3) is 0.667. The Kier molecular flexibility index (Phi) is 6.53. The molecule has 0 saturated carbocycles. The van der Waals surface area contributed by atoms with Gasteiger partial charge in [-0.1, -0.05) is 0 Å². The highest BCUT2D eigenvalue weighted by atomic mass is 32.2. The summed E-state index contributed by atoms with van der Waals surface area (Å²) in [6, 6.07) is 1.95. The fourth-order valence-electron chi connectivity index (χ4n) is 4.54. The second-order valence-electron chi connectivity index (χ2n) is 8.81. The smallest absolute Gasteiger partial charge is 0.282 e. The zero-order chi connectivity index (χ0) is 23.0. The van der Waals surface area contributed by atoms with Gasteiger partial charge in [0.1, 0.15) is 0 Å². The molecule has 1 amide bonds. The van der Waals surface area contributed by atoms with E-state index in [4.69, 9.17) is 0 Å².